The number of aromatic nitrogens is 2. The number of hydrogen-bond acceptors (Lipinski definition) is 4. The van der Waals surface area contributed by atoms with Crippen molar-refractivity contribution in [1.82, 2.24) is 15.5 Å². The minimum Gasteiger partial charge on any atom is -0.342 e. The second-order valence-electron chi connectivity index (χ2n) is 3.46. The Morgan fingerprint density at radius 3 is 3.12 bits per heavy atom. The predicted octanol–water partition coefficient (Wildman–Crippen LogP) is 1.29. The number of carbonyl (C=O) groups excluding carboxylic acids is 1. The average Bonchev–Trinajstić information content (AvgIpc) is 2.72. The van der Waals surface area contributed by atoms with Gasteiger partial charge in [0.25, 0.3) is 0 Å². The zero-order valence-corrected chi connectivity index (χ0v) is 8.75. The lowest BCUT2D eigenvalue weighted by Crippen LogP contribution is -2.08. The smallest absolute Gasteiger partial charge is 0.214 e. The first-order valence-corrected chi connectivity index (χ1v) is 4.88. The van der Waals surface area contributed by atoms with Gasteiger partial charge in [-0.1, -0.05) is 24.2 Å². The lowest BCUT2D eigenvalue weighted by atomic mass is 10.1. The van der Waals surface area contributed by atoms with E-state index in [-0.39, 0.29) is 5.92 Å². The van der Waals surface area contributed by atoms with E-state index in [1.54, 1.807) is 6.08 Å². The van der Waals surface area contributed by atoms with Gasteiger partial charge in [-0.3, -0.25) is 4.79 Å². The van der Waals surface area contributed by atoms with Gasteiger partial charge in [-0.05, 0) is 18.1 Å². The van der Waals surface area contributed by atoms with Gasteiger partial charge in [0.2, 0.25) is 18.6 Å². The maximum Gasteiger partial charge on any atom is 0.214 e. The summed E-state index contributed by atoms with van der Waals surface area (Å²) in [6, 6.07) is 0. The van der Waals surface area contributed by atoms with E-state index >= 15 is 0 Å². The van der Waals surface area contributed by atoms with Crippen LogP contribution in [-0.2, 0) is 4.79 Å². The molecule has 0 spiro atoms. The molecule has 1 N–H and O–H groups in total. The summed E-state index contributed by atoms with van der Waals surface area (Å²) in [5, 5.41) is 6.37. The third kappa shape index (κ3) is 2.25. The van der Waals surface area contributed by atoms with Gasteiger partial charge in [-0.15, -0.1) is 0 Å². The van der Waals surface area contributed by atoms with E-state index in [9.17, 15) is 4.79 Å². The molecule has 0 radical (unpaired) electrons. The van der Waals surface area contributed by atoms with Gasteiger partial charge in [0.15, 0.2) is 0 Å². The minimum atomic E-state index is 0.246. The molecule has 0 fully saturated rings. The summed E-state index contributed by atoms with van der Waals surface area (Å²) >= 11 is 0. The van der Waals surface area contributed by atoms with Crippen molar-refractivity contribution in [3.8, 4) is 0 Å². The summed E-state index contributed by atoms with van der Waals surface area (Å²) in [5.74, 6) is 0.761. The van der Waals surface area contributed by atoms with Gasteiger partial charge >= 0.3 is 0 Å². The molecule has 5 heteroatoms. The zero-order valence-electron chi connectivity index (χ0n) is 8.75. The molecule has 16 heavy (non-hydrogen) atoms. The molecule has 1 aromatic rings. The molecule has 82 valence electrons. The first-order chi connectivity index (χ1) is 7.79. The van der Waals surface area contributed by atoms with E-state index in [0.29, 0.717) is 17.9 Å². The summed E-state index contributed by atoms with van der Waals surface area (Å²) < 4.78 is 4.70. The molecule has 0 saturated heterocycles. The molecule has 1 aliphatic rings. The Hall–Kier alpha value is -2.17. The van der Waals surface area contributed by atoms with E-state index in [1.807, 2.05) is 25.2 Å². The van der Waals surface area contributed by atoms with Crippen molar-refractivity contribution in [3.63, 3.8) is 0 Å². The monoisotopic (exact) mass is 217 g/mol. The summed E-state index contributed by atoms with van der Waals surface area (Å²) in [7, 11) is 0. The SMILES string of the molecule is CC1C=CC(NC=O)=CC(c2ncon2)=C1. The van der Waals surface area contributed by atoms with Crippen LogP contribution in [0.15, 0.2) is 40.9 Å². The molecule has 1 heterocycles. The van der Waals surface area contributed by atoms with Gasteiger partial charge in [-0.25, -0.2) is 0 Å². The molecular formula is C11H11N3O2. The fourth-order valence-corrected chi connectivity index (χ4v) is 1.45. The third-order valence-corrected chi connectivity index (χ3v) is 2.18. The van der Waals surface area contributed by atoms with E-state index in [1.165, 1.54) is 6.39 Å². The van der Waals surface area contributed by atoms with Crippen LogP contribution in [0, 0.1) is 5.92 Å². The van der Waals surface area contributed by atoms with Crippen LogP contribution in [0.2, 0.25) is 0 Å². The molecule has 0 aromatic carbocycles. The lowest BCUT2D eigenvalue weighted by molar-refractivity contribution is -0.108. The van der Waals surface area contributed by atoms with E-state index in [2.05, 4.69) is 15.5 Å². The van der Waals surface area contributed by atoms with Crippen LogP contribution in [0.5, 0.6) is 0 Å². The fourth-order valence-electron chi connectivity index (χ4n) is 1.45. The normalized spacial score (nSPS) is 19.7. The van der Waals surface area contributed by atoms with Crippen LogP contribution < -0.4 is 5.32 Å². The van der Waals surface area contributed by atoms with Crippen molar-refractivity contribution in [1.29, 1.82) is 0 Å². The topological polar surface area (TPSA) is 68.0 Å². The second kappa shape index (κ2) is 4.57. The average molecular weight is 217 g/mol. The Morgan fingerprint density at radius 1 is 1.56 bits per heavy atom. The van der Waals surface area contributed by atoms with E-state index in [0.717, 1.165) is 5.57 Å². The fraction of sp³-hybridized carbons (Fsp3) is 0.182. The molecule has 1 amide bonds. The number of nitrogens with zero attached hydrogens (tertiary/aromatic N) is 2. The number of carbonyl (C=O) groups is 1. The highest BCUT2D eigenvalue weighted by Crippen LogP contribution is 2.20. The van der Waals surface area contributed by atoms with Crippen molar-refractivity contribution in [2.75, 3.05) is 0 Å². The molecule has 1 atom stereocenters. The third-order valence-electron chi connectivity index (χ3n) is 2.18. The molecule has 1 aliphatic carbocycles. The summed E-state index contributed by atoms with van der Waals surface area (Å²) in [6.45, 7) is 2.04. The van der Waals surface area contributed by atoms with Crippen molar-refractivity contribution in [2.24, 2.45) is 5.92 Å². The minimum absolute atomic E-state index is 0.246. The van der Waals surface area contributed by atoms with Gasteiger partial charge in [0, 0.05) is 11.3 Å². The summed E-state index contributed by atoms with van der Waals surface area (Å²) in [4.78, 5) is 14.4. The van der Waals surface area contributed by atoms with Crippen molar-refractivity contribution in [2.45, 2.75) is 6.92 Å². The highest BCUT2D eigenvalue weighted by Gasteiger charge is 2.09. The zero-order chi connectivity index (χ0) is 11.4. The molecule has 0 bridgehead atoms. The molecule has 0 aliphatic heterocycles. The van der Waals surface area contributed by atoms with Gasteiger partial charge in [-0.2, -0.15) is 4.98 Å². The Morgan fingerprint density at radius 2 is 2.44 bits per heavy atom. The van der Waals surface area contributed by atoms with Crippen LogP contribution in [-0.4, -0.2) is 16.6 Å². The molecule has 2 rings (SSSR count). The number of amides is 1. The Balaban J connectivity index is 2.35. The Kier molecular flexibility index (Phi) is 2.95. The second-order valence-corrected chi connectivity index (χ2v) is 3.46. The maximum absolute atomic E-state index is 10.4. The van der Waals surface area contributed by atoms with Crippen LogP contribution in [0.1, 0.15) is 12.7 Å². The van der Waals surface area contributed by atoms with Crippen LogP contribution in [0.3, 0.4) is 0 Å². The Bertz CT molecular complexity index is 458. The van der Waals surface area contributed by atoms with Crippen LogP contribution in [0.25, 0.3) is 5.57 Å². The maximum atomic E-state index is 10.4. The number of hydrogen-bond donors (Lipinski definition) is 1. The van der Waals surface area contributed by atoms with Crippen molar-refractivity contribution >= 4 is 12.0 Å². The predicted molar refractivity (Wildman–Crippen MR) is 57.9 cm³/mol. The number of rotatable bonds is 3. The van der Waals surface area contributed by atoms with Crippen LogP contribution >= 0.6 is 0 Å². The molecule has 1 aromatic heterocycles. The highest BCUT2D eigenvalue weighted by atomic mass is 16.5. The van der Waals surface area contributed by atoms with Gasteiger partial charge < -0.3 is 9.84 Å². The first kappa shape index (κ1) is 10.4. The molecular weight excluding hydrogens is 206 g/mol. The lowest BCUT2D eigenvalue weighted by Gasteiger charge is -1.98. The summed E-state index contributed by atoms with van der Waals surface area (Å²) in [5.41, 5.74) is 1.53. The van der Waals surface area contributed by atoms with E-state index in [4.69, 9.17) is 4.52 Å². The highest BCUT2D eigenvalue weighted by molar-refractivity contribution is 5.72. The quantitative estimate of drug-likeness (QED) is 0.774. The molecule has 0 saturated carbocycles. The van der Waals surface area contributed by atoms with Gasteiger partial charge in [0.05, 0.1) is 0 Å². The number of allylic oxidation sites excluding steroid dienone is 5. The van der Waals surface area contributed by atoms with Gasteiger partial charge in [0.1, 0.15) is 0 Å². The Labute approximate surface area is 92.5 Å². The molecule has 5 nitrogen and oxygen atoms in total. The standard InChI is InChI=1S/C11H11N3O2/c1-8-2-3-10(12-6-15)5-9(4-8)11-13-7-16-14-11/h2-8H,1H3,(H,12,15). The number of nitrogens with one attached hydrogen (secondary N) is 1. The molecule has 1 unspecified atom stereocenters. The summed E-state index contributed by atoms with van der Waals surface area (Å²) in [6.07, 6.45) is 9.55. The van der Waals surface area contributed by atoms with Crippen molar-refractivity contribution in [3.05, 3.63) is 42.2 Å². The largest absolute Gasteiger partial charge is 0.342 e. The first-order valence-electron chi connectivity index (χ1n) is 4.88. The van der Waals surface area contributed by atoms with Crippen LogP contribution in [0.4, 0.5) is 0 Å². The van der Waals surface area contributed by atoms with Crippen molar-refractivity contribution < 1.29 is 9.32 Å². The van der Waals surface area contributed by atoms with E-state index < -0.39 is 0 Å².